The number of likely N-dealkylation sites (N-methyl/N-ethyl adjacent to an activating group) is 1. The predicted octanol–water partition coefficient (Wildman–Crippen LogP) is 2.55. The molecule has 0 aliphatic carbocycles. The van der Waals surface area contributed by atoms with E-state index in [0.717, 1.165) is 6.54 Å². The molecule has 1 aromatic rings. The van der Waals surface area contributed by atoms with E-state index in [1.807, 2.05) is 11.3 Å². The third-order valence-corrected chi connectivity index (χ3v) is 3.60. The first-order valence-electron chi connectivity index (χ1n) is 5.38. The second kappa shape index (κ2) is 5.10. The lowest BCUT2D eigenvalue weighted by molar-refractivity contribution is 0.126. The largest absolute Gasteiger partial charge is 0.329 e. The Balaban J connectivity index is 2.62. The van der Waals surface area contributed by atoms with Crippen molar-refractivity contribution < 1.29 is 0 Å². The highest BCUT2D eigenvalue weighted by atomic mass is 32.1. The summed E-state index contributed by atoms with van der Waals surface area (Å²) in [5, 5.41) is 2.12. The lowest BCUT2D eigenvalue weighted by atomic mass is 9.86. The topological polar surface area (TPSA) is 29.3 Å². The van der Waals surface area contributed by atoms with Crippen LogP contribution in [0.15, 0.2) is 17.5 Å². The second-order valence-corrected chi connectivity index (χ2v) is 6.14. The minimum Gasteiger partial charge on any atom is -0.329 e. The first kappa shape index (κ1) is 12.7. The summed E-state index contributed by atoms with van der Waals surface area (Å²) >= 11 is 1.81. The maximum Gasteiger partial charge on any atom is 0.0328 e. The van der Waals surface area contributed by atoms with Crippen LogP contribution in [0, 0.1) is 5.41 Å². The van der Waals surface area contributed by atoms with Gasteiger partial charge >= 0.3 is 0 Å². The van der Waals surface area contributed by atoms with Gasteiger partial charge in [-0.05, 0) is 23.9 Å². The summed E-state index contributed by atoms with van der Waals surface area (Å²) in [5.41, 5.74) is 6.09. The van der Waals surface area contributed by atoms with E-state index in [-0.39, 0.29) is 5.41 Å². The van der Waals surface area contributed by atoms with Gasteiger partial charge in [0, 0.05) is 24.0 Å². The Morgan fingerprint density at radius 2 is 2.13 bits per heavy atom. The molecule has 1 atom stereocenters. The normalized spacial score (nSPS) is 14.5. The molecule has 1 aromatic heterocycles. The molecule has 1 unspecified atom stereocenters. The highest BCUT2D eigenvalue weighted by Crippen LogP contribution is 2.24. The molecule has 86 valence electrons. The van der Waals surface area contributed by atoms with Crippen LogP contribution in [-0.4, -0.2) is 24.5 Å². The van der Waals surface area contributed by atoms with Crippen LogP contribution < -0.4 is 5.73 Å². The number of hydrogen-bond acceptors (Lipinski definition) is 3. The van der Waals surface area contributed by atoms with E-state index in [1.165, 1.54) is 4.88 Å². The van der Waals surface area contributed by atoms with Gasteiger partial charge in [-0.15, -0.1) is 11.3 Å². The molecular weight excluding hydrogens is 204 g/mol. The van der Waals surface area contributed by atoms with E-state index < -0.39 is 0 Å². The summed E-state index contributed by atoms with van der Waals surface area (Å²) in [5.74, 6) is 0. The average Bonchev–Trinajstić information content (AvgIpc) is 2.54. The van der Waals surface area contributed by atoms with E-state index >= 15 is 0 Å². The van der Waals surface area contributed by atoms with Gasteiger partial charge in [-0.25, -0.2) is 0 Å². The van der Waals surface area contributed by atoms with Gasteiger partial charge < -0.3 is 5.73 Å². The average molecular weight is 226 g/mol. The van der Waals surface area contributed by atoms with Crippen molar-refractivity contribution in [3.05, 3.63) is 22.4 Å². The predicted molar refractivity (Wildman–Crippen MR) is 68.1 cm³/mol. The van der Waals surface area contributed by atoms with Crippen LogP contribution in [0.1, 0.15) is 25.6 Å². The molecule has 0 amide bonds. The van der Waals surface area contributed by atoms with Crippen LogP contribution in [0.25, 0.3) is 0 Å². The number of nitrogens with two attached hydrogens (primary N) is 1. The molecule has 2 nitrogen and oxygen atoms in total. The van der Waals surface area contributed by atoms with Gasteiger partial charge in [-0.3, -0.25) is 4.90 Å². The van der Waals surface area contributed by atoms with Crippen molar-refractivity contribution in [1.29, 1.82) is 0 Å². The van der Waals surface area contributed by atoms with E-state index in [4.69, 9.17) is 5.73 Å². The zero-order valence-corrected chi connectivity index (χ0v) is 11.0. The maximum absolute atomic E-state index is 5.85. The third-order valence-electron chi connectivity index (χ3n) is 2.74. The molecule has 15 heavy (non-hydrogen) atoms. The summed E-state index contributed by atoms with van der Waals surface area (Å²) in [6.45, 7) is 8.45. The molecule has 0 saturated heterocycles. The quantitative estimate of drug-likeness (QED) is 0.855. The van der Waals surface area contributed by atoms with Crippen LogP contribution in [0.3, 0.4) is 0 Å². The van der Waals surface area contributed by atoms with Gasteiger partial charge in [0.2, 0.25) is 0 Å². The second-order valence-electron chi connectivity index (χ2n) is 5.11. The molecular formula is C12H22N2S. The lowest BCUT2D eigenvalue weighted by Crippen LogP contribution is -2.46. The Labute approximate surface area is 97.1 Å². The van der Waals surface area contributed by atoms with E-state index in [0.29, 0.717) is 12.6 Å². The lowest BCUT2D eigenvalue weighted by Gasteiger charge is -2.37. The fourth-order valence-electron chi connectivity index (χ4n) is 1.95. The summed E-state index contributed by atoms with van der Waals surface area (Å²) in [6, 6.07) is 4.71. The van der Waals surface area contributed by atoms with Crippen molar-refractivity contribution in [2.24, 2.45) is 11.1 Å². The van der Waals surface area contributed by atoms with Gasteiger partial charge in [-0.1, -0.05) is 26.8 Å². The summed E-state index contributed by atoms with van der Waals surface area (Å²) in [6.07, 6.45) is 0. The molecule has 0 spiro atoms. The number of nitrogens with zero attached hydrogens (tertiary/aromatic N) is 1. The standard InChI is InChI=1S/C12H22N2S/c1-12(2,3)11(8-13)14(4)9-10-6-5-7-15-10/h5-7,11H,8-9,13H2,1-4H3. The van der Waals surface area contributed by atoms with Gasteiger partial charge in [0.05, 0.1) is 0 Å². The summed E-state index contributed by atoms with van der Waals surface area (Å²) in [7, 11) is 2.16. The molecule has 0 saturated carbocycles. The number of rotatable bonds is 4. The molecule has 2 N–H and O–H groups in total. The molecule has 3 heteroatoms. The SMILES string of the molecule is CN(Cc1cccs1)C(CN)C(C)(C)C. The first-order valence-corrected chi connectivity index (χ1v) is 6.26. The van der Waals surface area contributed by atoms with Crippen molar-refractivity contribution >= 4 is 11.3 Å². The first-order chi connectivity index (χ1) is 6.95. The number of hydrogen-bond donors (Lipinski definition) is 1. The van der Waals surface area contributed by atoms with E-state index in [9.17, 15) is 0 Å². The van der Waals surface area contributed by atoms with Crippen LogP contribution in [0.2, 0.25) is 0 Å². The van der Waals surface area contributed by atoms with Crippen LogP contribution >= 0.6 is 11.3 Å². The Hall–Kier alpha value is -0.380. The smallest absolute Gasteiger partial charge is 0.0328 e. The van der Waals surface area contributed by atoms with Crippen molar-refractivity contribution in [2.75, 3.05) is 13.6 Å². The highest BCUT2D eigenvalue weighted by Gasteiger charge is 2.26. The Kier molecular flexibility index (Phi) is 4.32. The molecule has 0 bridgehead atoms. The zero-order valence-electron chi connectivity index (χ0n) is 10.2. The Morgan fingerprint density at radius 3 is 2.53 bits per heavy atom. The summed E-state index contributed by atoms with van der Waals surface area (Å²) in [4.78, 5) is 3.76. The zero-order chi connectivity index (χ0) is 11.5. The fourth-order valence-corrected chi connectivity index (χ4v) is 2.72. The van der Waals surface area contributed by atoms with Gasteiger partial charge in [0.25, 0.3) is 0 Å². The van der Waals surface area contributed by atoms with Crippen molar-refractivity contribution in [1.82, 2.24) is 4.90 Å². The highest BCUT2D eigenvalue weighted by molar-refractivity contribution is 7.09. The van der Waals surface area contributed by atoms with Crippen molar-refractivity contribution in [3.63, 3.8) is 0 Å². The molecule has 0 radical (unpaired) electrons. The monoisotopic (exact) mass is 226 g/mol. The number of thiophene rings is 1. The molecule has 0 fully saturated rings. The molecule has 0 aliphatic rings. The summed E-state index contributed by atoms with van der Waals surface area (Å²) < 4.78 is 0. The van der Waals surface area contributed by atoms with Gasteiger partial charge in [0.15, 0.2) is 0 Å². The van der Waals surface area contributed by atoms with Crippen molar-refractivity contribution in [2.45, 2.75) is 33.4 Å². The van der Waals surface area contributed by atoms with Crippen LogP contribution in [0.5, 0.6) is 0 Å². The van der Waals surface area contributed by atoms with Crippen LogP contribution in [-0.2, 0) is 6.54 Å². The third kappa shape index (κ3) is 3.59. The Bertz CT molecular complexity index is 274. The molecule has 0 aromatic carbocycles. The van der Waals surface area contributed by atoms with Gasteiger partial charge in [0.1, 0.15) is 0 Å². The molecule has 0 aliphatic heterocycles. The molecule has 1 heterocycles. The molecule has 1 rings (SSSR count). The fraction of sp³-hybridized carbons (Fsp3) is 0.667. The van der Waals surface area contributed by atoms with E-state index in [1.54, 1.807) is 0 Å². The Morgan fingerprint density at radius 1 is 1.47 bits per heavy atom. The van der Waals surface area contributed by atoms with E-state index in [2.05, 4.69) is 50.2 Å². The minimum atomic E-state index is 0.237. The van der Waals surface area contributed by atoms with Crippen molar-refractivity contribution in [3.8, 4) is 0 Å². The maximum atomic E-state index is 5.85. The van der Waals surface area contributed by atoms with Gasteiger partial charge in [-0.2, -0.15) is 0 Å². The minimum absolute atomic E-state index is 0.237. The van der Waals surface area contributed by atoms with Crippen LogP contribution in [0.4, 0.5) is 0 Å².